The van der Waals surface area contributed by atoms with Gasteiger partial charge in [0.2, 0.25) is 0 Å². The van der Waals surface area contributed by atoms with Crippen LogP contribution in [-0.4, -0.2) is 32.4 Å². The van der Waals surface area contributed by atoms with E-state index >= 15 is 0 Å². The van der Waals surface area contributed by atoms with Gasteiger partial charge in [0.25, 0.3) is 8.32 Å². The van der Waals surface area contributed by atoms with Crippen molar-refractivity contribution in [2.45, 2.75) is 70.8 Å². The molecule has 0 bridgehead atoms. The number of rotatable bonds is 8. The lowest BCUT2D eigenvalue weighted by Crippen LogP contribution is -2.67. The maximum Gasteiger partial charge on any atom is 0.261 e. The van der Waals surface area contributed by atoms with Crippen molar-refractivity contribution < 1.29 is 14.3 Å². The lowest BCUT2D eigenvalue weighted by molar-refractivity contribution is -0.102. The van der Waals surface area contributed by atoms with Crippen LogP contribution in [-0.2, 0) is 9.16 Å². The van der Waals surface area contributed by atoms with E-state index in [0.29, 0.717) is 12.5 Å². The molecule has 0 radical (unpaired) electrons. The fraction of sp³-hybridized carbons (Fsp3) is 0.520. The summed E-state index contributed by atoms with van der Waals surface area (Å²) in [6.07, 6.45) is 3.42. The number of aliphatic hydroxyl groups is 1. The van der Waals surface area contributed by atoms with Gasteiger partial charge in [-0.3, -0.25) is 0 Å². The quantitative estimate of drug-likeness (QED) is 0.650. The van der Waals surface area contributed by atoms with Gasteiger partial charge in [0.1, 0.15) is 0 Å². The third kappa shape index (κ3) is 4.83. The molecule has 0 spiro atoms. The maximum absolute atomic E-state index is 10.1. The van der Waals surface area contributed by atoms with E-state index in [-0.39, 0.29) is 11.1 Å². The molecule has 0 unspecified atom stereocenters. The largest absolute Gasteiger partial charge is 0.405 e. The van der Waals surface area contributed by atoms with Crippen molar-refractivity contribution in [2.75, 3.05) is 6.61 Å². The first-order chi connectivity index (χ1) is 13.9. The molecular formula is C25H36O3Si. The molecule has 1 aliphatic heterocycles. The Kier molecular flexibility index (Phi) is 7.33. The van der Waals surface area contributed by atoms with E-state index in [9.17, 15) is 5.11 Å². The fourth-order valence-electron chi connectivity index (χ4n) is 4.69. The van der Waals surface area contributed by atoms with Crippen LogP contribution in [0.3, 0.4) is 0 Å². The Balaban J connectivity index is 1.96. The van der Waals surface area contributed by atoms with Crippen molar-refractivity contribution in [1.82, 2.24) is 0 Å². The summed E-state index contributed by atoms with van der Waals surface area (Å²) < 4.78 is 12.9. The molecule has 3 rings (SSSR count). The summed E-state index contributed by atoms with van der Waals surface area (Å²) in [5.41, 5.74) is 0. The summed E-state index contributed by atoms with van der Waals surface area (Å²) in [5, 5.41) is 12.6. The van der Waals surface area contributed by atoms with Crippen molar-refractivity contribution in [3.05, 3.63) is 60.7 Å². The Morgan fingerprint density at radius 2 is 1.55 bits per heavy atom. The van der Waals surface area contributed by atoms with Crippen LogP contribution in [0.2, 0.25) is 5.04 Å². The molecule has 29 heavy (non-hydrogen) atoms. The molecule has 0 saturated carbocycles. The van der Waals surface area contributed by atoms with Gasteiger partial charge in [0, 0.05) is 6.42 Å². The summed E-state index contributed by atoms with van der Waals surface area (Å²) in [5.74, 6) is 0.364. The SMILES string of the molecule is CCCC[C@H]1C[C@@H](O)O[C@@H]1CO[Si](c1ccccc1)(c1ccccc1)C(C)(C)C. The van der Waals surface area contributed by atoms with Crippen LogP contribution in [0, 0.1) is 5.92 Å². The van der Waals surface area contributed by atoms with E-state index in [2.05, 4.69) is 88.4 Å². The zero-order valence-electron chi connectivity index (χ0n) is 18.3. The maximum atomic E-state index is 10.1. The van der Waals surface area contributed by atoms with Gasteiger partial charge < -0.3 is 14.3 Å². The second-order valence-electron chi connectivity index (χ2n) is 9.24. The molecule has 158 valence electrons. The Morgan fingerprint density at radius 1 is 1.00 bits per heavy atom. The van der Waals surface area contributed by atoms with Crippen LogP contribution < -0.4 is 10.4 Å². The number of unbranched alkanes of at least 4 members (excludes halogenated alkanes) is 1. The van der Waals surface area contributed by atoms with Crippen LogP contribution in [0.15, 0.2) is 60.7 Å². The summed E-state index contributed by atoms with van der Waals surface area (Å²) in [7, 11) is -2.56. The molecule has 1 fully saturated rings. The van der Waals surface area contributed by atoms with Gasteiger partial charge in [-0.15, -0.1) is 0 Å². The summed E-state index contributed by atoms with van der Waals surface area (Å²) in [6.45, 7) is 9.60. The third-order valence-corrected chi connectivity index (χ3v) is 11.2. The molecule has 3 nitrogen and oxygen atoms in total. The van der Waals surface area contributed by atoms with Gasteiger partial charge in [0.05, 0.1) is 12.7 Å². The van der Waals surface area contributed by atoms with Crippen LogP contribution in [0.25, 0.3) is 0 Å². The number of hydrogen-bond acceptors (Lipinski definition) is 3. The minimum absolute atomic E-state index is 0.0433. The minimum Gasteiger partial charge on any atom is -0.405 e. The van der Waals surface area contributed by atoms with Crippen LogP contribution in [0.4, 0.5) is 0 Å². The van der Waals surface area contributed by atoms with Gasteiger partial charge in [-0.1, -0.05) is 101 Å². The Bertz CT molecular complexity index is 702. The average Bonchev–Trinajstić information content (AvgIpc) is 3.07. The van der Waals surface area contributed by atoms with Gasteiger partial charge >= 0.3 is 0 Å². The second-order valence-corrected chi connectivity index (χ2v) is 13.5. The van der Waals surface area contributed by atoms with E-state index < -0.39 is 14.6 Å². The lowest BCUT2D eigenvalue weighted by atomic mass is 9.95. The van der Waals surface area contributed by atoms with Crippen LogP contribution in [0.5, 0.6) is 0 Å². The van der Waals surface area contributed by atoms with E-state index in [0.717, 1.165) is 25.7 Å². The molecule has 1 saturated heterocycles. The van der Waals surface area contributed by atoms with E-state index in [1.165, 1.54) is 10.4 Å². The van der Waals surface area contributed by atoms with Crippen molar-refractivity contribution in [1.29, 1.82) is 0 Å². The third-order valence-electron chi connectivity index (χ3n) is 6.17. The fourth-order valence-corrected chi connectivity index (χ4v) is 9.26. The van der Waals surface area contributed by atoms with Crippen molar-refractivity contribution >= 4 is 18.7 Å². The molecule has 1 aliphatic rings. The highest BCUT2D eigenvalue weighted by molar-refractivity contribution is 6.99. The second kappa shape index (κ2) is 9.56. The first kappa shape index (κ1) is 22.2. The van der Waals surface area contributed by atoms with Crippen LogP contribution >= 0.6 is 0 Å². The molecule has 1 heterocycles. The van der Waals surface area contributed by atoms with E-state index in [4.69, 9.17) is 9.16 Å². The summed E-state index contributed by atoms with van der Waals surface area (Å²) in [4.78, 5) is 0. The highest BCUT2D eigenvalue weighted by Gasteiger charge is 2.51. The van der Waals surface area contributed by atoms with Crippen molar-refractivity contribution in [3.8, 4) is 0 Å². The molecule has 2 aromatic rings. The molecule has 0 amide bonds. The Labute approximate surface area is 177 Å². The van der Waals surface area contributed by atoms with Gasteiger partial charge in [-0.05, 0) is 27.8 Å². The number of hydrogen-bond donors (Lipinski definition) is 1. The molecule has 2 aromatic carbocycles. The predicted molar refractivity (Wildman–Crippen MR) is 122 cm³/mol. The van der Waals surface area contributed by atoms with E-state index in [1.807, 2.05) is 0 Å². The van der Waals surface area contributed by atoms with Crippen LogP contribution in [0.1, 0.15) is 53.4 Å². The number of ether oxygens (including phenoxy) is 1. The molecule has 1 N–H and O–H groups in total. The molecule has 0 aliphatic carbocycles. The Hall–Kier alpha value is -1.46. The highest BCUT2D eigenvalue weighted by atomic mass is 28.4. The van der Waals surface area contributed by atoms with Gasteiger partial charge in [0.15, 0.2) is 6.29 Å². The number of benzene rings is 2. The molecule has 0 aromatic heterocycles. The predicted octanol–water partition coefficient (Wildman–Crippen LogP) is 4.48. The zero-order chi connectivity index (χ0) is 20.9. The average molecular weight is 413 g/mol. The lowest BCUT2D eigenvalue weighted by Gasteiger charge is -2.43. The normalized spacial score (nSPS) is 22.7. The standard InChI is InChI=1S/C25H36O3Si/c1-5-6-13-20-18-24(26)28-23(20)19-27-29(25(2,3)4,21-14-9-7-10-15-21)22-16-11-8-12-17-22/h7-12,14-17,20,23-24,26H,5-6,13,18-19H2,1-4H3/t20-,23+,24-/m0/s1. The summed E-state index contributed by atoms with van der Waals surface area (Å²) >= 11 is 0. The molecular weight excluding hydrogens is 376 g/mol. The monoisotopic (exact) mass is 412 g/mol. The minimum atomic E-state index is -2.56. The zero-order valence-corrected chi connectivity index (χ0v) is 19.3. The van der Waals surface area contributed by atoms with Gasteiger partial charge in [-0.25, -0.2) is 0 Å². The van der Waals surface area contributed by atoms with Crippen molar-refractivity contribution in [2.24, 2.45) is 5.92 Å². The number of aliphatic hydroxyl groups excluding tert-OH is 1. The molecule has 4 heteroatoms. The van der Waals surface area contributed by atoms with E-state index in [1.54, 1.807) is 0 Å². The topological polar surface area (TPSA) is 38.7 Å². The van der Waals surface area contributed by atoms with Crippen molar-refractivity contribution in [3.63, 3.8) is 0 Å². The van der Waals surface area contributed by atoms with Gasteiger partial charge in [-0.2, -0.15) is 0 Å². The first-order valence-electron chi connectivity index (χ1n) is 11.0. The smallest absolute Gasteiger partial charge is 0.261 e. The highest BCUT2D eigenvalue weighted by Crippen LogP contribution is 2.38. The first-order valence-corrected chi connectivity index (χ1v) is 12.9. The summed E-state index contributed by atoms with van der Waals surface area (Å²) in [6, 6.07) is 21.4. The molecule has 3 atom stereocenters. The Morgan fingerprint density at radius 3 is 2.03 bits per heavy atom.